The van der Waals surface area contributed by atoms with Crippen LogP contribution in [-0.2, 0) is 24.3 Å². The molecule has 26 heavy (non-hydrogen) atoms. The van der Waals surface area contributed by atoms with E-state index in [1.165, 1.54) is 11.6 Å². The first kappa shape index (κ1) is 19.9. The monoisotopic (exact) mass is 357 g/mol. The number of nitrogens with one attached hydrogen (secondary N) is 2. The van der Waals surface area contributed by atoms with Crippen LogP contribution in [0.5, 0.6) is 0 Å². The van der Waals surface area contributed by atoms with Crippen LogP contribution in [0.25, 0.3) is 0 Å². The molecule has 0 unspecified atom stereocenters. The van der Waals surface area contributed by atoms with Gasteiger partial charge in [0.25, 0.3) is 0 Å². The predicted octanol–water partition coefficient (Wildman–Crippen LogP) is 3.66. The number of hydrogen-bond acceptors (Lipinski definition) is 2. The molecule has 0 atom stereocenters. The van der Waals surface area contributed by atoms with Crippen molar-refractivity contribution in [3.63, 3.8) is 0 Å². The number of nitrogens with zero attached hydrogens (tertiary/aromatic N) is 1. The molecule has 2 aromatic rings. The highest BCUT2D eigenvalue weighted by molar-refractivity contribution is 5.79. The maximum absolute atomic E-state index is 13.2. The minimum absolute atomic E-state index is 0.198. The molecule has 5 heteroatoms. The van der Waals surface area contributed by atoms with Crippen molar-refractivity contribution in [3.8, 4) is 0 Å². The zero-order valence-electron chi connectivity index (χ0n) is 15.6. The summed E-state index contributed by atoms with van der Waals surface area (Å²) < 4.78 is 18.6. The molecule has 0 amide bonds. The highest BCUT2D eigenvalue weighted by Crippen LogP contribution is 2.07. The summed E-state index contributed by atoms with van der Waals surface area (Å²) in [6.45, 7) is 7.48. The van der Waals surface area contributed by atoms with E-state index in [0.717, 1.165) is 36.7 Å². The zero-order valence-corrected chi connectivity index (χ0v) is 15.6. The number of guanidine groups is 1. The molecule has 0 radical (unpaired) electrons. The molecule has 0 spiro atoms. The van der Waals surface area contributed by atoms with Crippen LogP contribution in [-0.4, -0.2) is 25.7 Å². The summed E-state index contributed by atoms with van der Waals surface area (Å²) in [5.41, 5.74) is 3.28. The van der Waals surface area contributed by atoms with Crippen molar-refractivity contribution in [2.24, 2.45) is 4.99 Å². The van der Waals surface area contributed by atoms with Gasteiger partial charge in [0.2, 0.25) is 0 Å². The SMILES string of the molecule is CCNC(=NCc1ccc(COCC)cc1)NCCc1cccc(F)c1. The van der Waals surface area contributed by atoms with Crippen molar-refractivity contribution in [1.29, 1.82) is 0 Å². The van der Waals surface area contributed by atoms with Crippen molar-refractivity contribution in [2.45, 2.75) is 33.4 Å². The van der Waals surface area contributed by atoms with Crippen LogP contribution in [0.2, 0.25) is 0 Å². The third kappa shape index (κ3) is 7.23. The maximum Gasteiger partial charge on any atom is 0.191 e. The van der Waals surface area contributed by atoms with Crippen LogP contribution in [0.15, 0.2) is 53.5 Å². The highest BCUT2D eigenvalue weighted by Gasteiger charge is 2.00. The van der Waals surface area contributed by atoms with Crippen LogP contribution in [0.3, 0.4) is 0 Å². The molecule has 2 aromatic carbocycles. The second-order valence-corrected chi connectivity index (χ2v) is 5.96. The minimum Gasteiger partial charge on any atom is -0.377 e. The van der Waals surface area contributed by atoms with Gasteiger partial charge in [-0.3, -0.25) is 0 Å². The fourth-order valence-electron chi connectivity index (χ4n) is 2.49. The van der Waals surface area contributed by atoms with Gasteiger partial charge < -0.3 is 15.4 Å². The van der Waals surface area contributed by atoms with Gasteiger partial charge in [0.05, 0.1) is 13.2 Å². The Morgan fingerprint density at radius 1 is 1.00 bits per heavy atom. The van der Waals surface area contributed by atoms with Gasteiger partial charge in [0, 0.05) is 19.7 Å². The molecule has 0 aliphatic rings. The van der Waals surface area contributed by atoms with E-state index in [0.29, 0.717) is 19.7 Å². The van der Waals surface area contributed by atoms with E-state index >= 15 is 0 Å². The number of rotatable bonds is 9. The average Bonchev–Trinajstić information content (AvgIpc) is 2.65. The molecular weight excluding hydrogens is 329 g/mol. The van der Waals surface area contributed by atoms with Crippen LogP contribution in [0.1, 0.15) is 30.5 Å². The number of aliphatic imine (C=N–C) groups is 1. The van der Waals surface area contributed by atoms with Gasteiger partial charge in [-0.2, -0.15) is 0 Å². The van der Waals surface area contributed by atoms with E-state index in [4.69, 9.17) is 4.74 Å². The van der Waals surface area contributed by atoms with Crippen LogP contribution < -0.4 is 10.6 Å². The summed E-state index contributed by atoms with van der Waals surface area (Å²) in [6, 6.07) is 15.0. The van der Waals surface area contributed by atoms with Gasteiger partial charge >= 0.3 is 0 Å². The molecule has 0 fully saturated rings. The van der Waals surface area contributed by atoms with Gasteiger partial charge in [-0.1, -0.05) is 36.4 Å². The molecule has 0 saturated heterocycles. The molecule has 0 saturated carbocycles. The Labute approximate surface area is 155 Å². The first-order valence-corrected chi connectivity index (χ1v) is 9.13. The largest absolute Gasteiger partial charge is 0.377 e. The maximum atomic E-state index is 13.2. The van der Waals surface area contributed by atoms with Crippen molar-refractivity contribution < 1.29 is 9.13 Å². The fourth-order valence-corrected chi connectivity index (χ4v) is 2.49. The van der Waals surface area contributed by atoms with Gasteiger partial charge in [0.1, 0.15) is 5.82 Å². The molecular formula is C21H28FN3O. The lowest BCUT2D eigenvalue weighted by Gasteiger charge is -2.11. The number of halogens is 1. The number of ether oxygens (including phenoxy) is 1. The summed E-state index contributed by atoms with van der Waals surface area (Å²) >= 11 is 0. The van der Waals surface area contributed by atoms with E-state index in [2.05, 4.69) is 39.9 Å². The second-order valence-electron chi connectivity index (χ2n) is 5.96. The Morgan fingerprint density at radius 3 is 2.46 bits per heavy atom. The third-order valence-electron chi connectivity index (χ3n) is 3.85. The molecule has 4 nitrogen and oxygen atoms in total. The van der Waals surface area contributed by atoms with Gasteiger partial charge in [-0.25, -0.2) is 9.38 Å². The predicted molar refractivity (Wildman–Crippen MR) is 105 cm³/mol. The first-order chi connectivity index (χ1) is 12.7. The standard InChI is InChI=1S/C21H28FN3O/c1-3-23-21(24-13-12-17-6-5-7-20(22)14-17)25-15-18-8-10-19(11-9-18)16-26-4-2/h5-11,14H,3-4,12-13,15-16H2,1-2H3,(H2,23,24,25). The van der Waals surface area contributed by atoms with Crippen molar-refractivity contribution >= 4 is 5.96 Å². The van der Waals surface area contributed by atoms with Crippen LogP contribution in [0.4, 0.5) is 4.39 Å². The molecule has 2 N–H and O–H groups in total. The lowest BCUT2D eigenvalue weighted by Crippen LogP contribution is -2.38. The van der Waals surface area contributed by atoms with E-state index in [-0.39, 0.29) is 5.82 Å². The summed E-state index contributed by atoms with van der Waals surface area (Å²) in [5, 5.41) is 6.53. The molecule has 0 heterocycles. The van der Waals surface area contributed by atoms with Crippen molar-refractivity contribution in [1.82, 2.24) is 10.6 Å². The minimum atomic E-state index is -0.198. The van der Waals surface area contributed by atoms with Crippen molar-refractivity contribution in [2.75, 3.05) is 19.7 Å². The zero-order chi connectivity index (χ0) is 18.6. The Bertz CT molecular complexity index is 686. The lowest BCUT2D eigenvalue weighted by molar-refractivity contribution is 0.134. The number of benzene rings is 2. The van der Waals surface area contributed by atoms with Gasteiger partial charge in [0.15, 0.2) is 5.96 Å². The molecule has 0 aliphatic carbocycles. The van der Waals surface area contributed by atoms with Crippen LogP contribution >= 0.6 is 0 Å². The van der Waals surface area contributed by atoms with Crippen LogP contribution in [0, 0.1) is 5.82 Å². The van der Waals surface area contributed by atoms with E-state index in [1.54, 1.807) is 12.1 Å². The Kier molecular flexibility index (Phi) is 8.63. The van der Waals surface area contributed by atoms with E-state index < -0.39 is 0 Å². The Balaban J connectivity index is 1.85. The fraction of sp³-hybridized carbons (Fsp3) is 0.381. The highest BCUT2D eigenvalue weighted by atomic mass is 19.1. The Hall–Kier alpha value is -2.40. The van der Waals surface area contributed by atoms with Gasteiger partial charge in [-0.15, -0.1) is 0 Å². The van der Waals surface area contributed by atoms with Crippen molar-refractivity contribution in [3.05, 3.63) is 71.0 Å². The van der Waals surface area contributed by atoms with Gasteiger partial charge in [-0.05, 0) is 49.1 Å². The molecule has 0 aromatic heterocycles. The summed E-state index contributed by atoms with van der Waals surface area (Å²) in [6.07, 6.45) is 0.744. The molecule has 0 aliphatic heterocycles. The Morgan fingerprint density at radius 2 is 1.77 bits per heavy atom. The van der Waals surface area contributed by atoms with E-state index in [9.17, 15) is 4.39 Å². The van der Waals surface area contributed by atoms with E-state index in [1.807, 2.05) is 19.9 Å². The summed E-state index contributed by atoms with van der Waals surface area (Å²) in [5.74, 6) is 0.568. The number of hydrogen-bond donors (Lipinski definition) is 2. The average molecular weight is 357 g/mol. The smallest absolute Gasteiger partial charge is 0.191 e. The molecule has 0 bridgehead atoms. The summed E-state index contributed by atoms with van der Waals surface area (Å²) in [4.78, 5) is 4.61. The normalized spacial score (nSPS) is 11.4. The molecule has 140 valence electrons. The lowest BCUT2D eigenvalue weighted by atomic mass is 10.1. The molecule has 2 rings (SSSR count). The summed E-state index contributed by atoms with van der Waals surface area (Å²) in [7, 11) is 0. The quantitative estimate of drug-likeness (QED) is 0.532. The second kappa shape index (κ2) is 11.3. The first-order valence-electron chi connectivity index (χ1n) is 9.13. The third-order valence-corrected chi connectivity index (χ3v) is 3.85. The topological polar surface area (TPSA) is 45.7 Å².